The molecule has 1 aromatic carbocycles. The molecule has 0 amide bonds. The second-order valence-electron chi connectivity index (χ2n) is 7.56. The zero-order valence-corrected chi connectivity index (χ0v) is 18.2. The van der Waals surface area contributed by atoms with Gasteiger partial charge in [0.25, 0.3) is 0 Å². The van der Waals surface area contributed by atoms with Crippen molar-refractivity contribution in [3.8, 4) is 11.1 Å². The summed E-state index contributed by atoms with van der Waals surface area (Å²) in [5.41, 5.74) is 1.88. The zero-order chi connectivity index (χ0) is 20.6. The second kappa shape index (κ2) is 7.66. The van der Waals surface area contributed by atoms with Crippen molar-refractivity contribution in [1.29, 1.82) is 0 Å². The van der Waals surface area contributed by atoms with Crippen LogP contribution in [-0.4, -0.2) is 29.0 Å². The summed E-state index contributed by atoms with van der Waals surface area (Å²) in [4.78, 5) is 0. The van der Waals surface area contributed by atoms with Crippen molar-refractivity contribution in [3.05, 3.63) is 41.0 Å². The van der Waals surface area contributed by atoms with Crippen LogP contribution in [0.4, 0.5) is 4.39 Å². The van der Waals surface area contributed by atoms with E-state index >= 15 is 0 Å². The normalized spacial score (nSPS) is 13.3. The van der Waals surface area contributed by atoms with Crippen LogP contribution < -0.4 is 0 Å². The minimum atomic E-state index is -1.19. The largest absolute Gasteiger partial charge is 0.360 e. The fourth-order valence-electron chi connectivity index (χ4n) is 2.75. The number of halogens is 2. The van der Waals surface area contributed by atoms with E-state index in [9.17, 15) is 4.39 Å². The number of aromatic nitrogens is 3. The highest BCUT2D eigenvalue weighted by molar-refractivity contribution is 9.10. The van der Waals surface area contributed by atoms with Crippen molar-refractivity contribution >= 4 is 34.9 Å². The molecule has 2 aromatic heterocycles. The molecule has 0 bridgehead atoms. The molecular formula is C19H25BrFN3OSi. The van der Waals surface area contributed by atoms with Gasteiger partial charge in [0.2, 0.25) is 0 Å². The third-order valence-corrected chi connectivity index (χ3v) is 6.58. The van der Waals surface area contributed by atoms with Crippen molar-refractivity contribution < 1.29 is 11.9 Å². The summed E-state index contributed by atoms with van der Waals surface area (Å²) in [6, 6.07) is 4.21. The highest BCUT2D eigenvalue weighted by Gasteiger charge is 2.15. The topological polar surface area (TPSA) is 32.0 Å². The fourth-order valence-corrected chi connectivity index (χ4v) is 3.85. The second-order valence-corrected chi connectivity index (χ2v) is 14.0. The first kappa shape index (κ1) is 16.7. The maximum absolute atomic E-state index is 14.0. The summed E-state index contributed by atoms with van der Waals surface area (Å²) < 4.78 is 40.2. The number of ether oxygens (including phenoxy) is 1. The Balaban J connectivity index is 1.96. The van der Waals surface area contributed by atoms with Crippen LogP contribution in [0.1, 0.15) is 9.67 Å². The molecule has 26 heavy (non-hydrogen) atoms. The van der Waals surface area contributed by atoms with Crippen molar-refractivity contribution in [1.82, 2.24) is 14.3 Å². The number of hydrogen-bond donors (Lipinski definition) is 0. The molecule has 0 radical (unpaired) electrons. The van der Waals surface area contributed by atoms with E-state index in [2.05, 4.69) is 40.7 Å². The standard InChI is InChI=1S/C19H25BrFN3OSi/c1-5-23-12-16(15-8-17(20)18(21)9-19(15)23)14-10-22-24(11-14)13-25-6-7-26(2,3)4/h8-12H,5-7,13H2,1-4H3/i10D,11D. The van der Waals surface area contributed by atoms with E-state index in [-0.39, 0.29) is 24.9 Å². The average Bonchev–Trinajstić information content (AvgIpc) is 3.08. The van der Waals surface area contributed by atoms with Gasteiger partial charge in [0, 0.05) is 50.1 Å². The molecule has 140 valence electrons. The van der Waals surface area contributed by atoms with E-state index in [4.69, 9.17) is 7.48 Å². The molecule has 0 aliphatic heterocycles. The van der Waals surface area contributed by atoms with Gasteiger partial charge in [-0.05, 0) is 41.0 Å². The van der Waals surface area contributed by atoms with Gasteiger partial charge in [-0.3, -0.25) is 0 Å². The molecule has 2 heterocycles. The van der Waals surface area contributed by atoms with Gasteiger partial charge in [-0.15, -0.1) is 0 Å². The van der Waals surface area contributed by atoms with Gasteiger partial charge < -0.3 is 9.30 Å². The number of aryl methyl sites for hydroxylation is 1. The molecule has 0 atom stereocenters. The minimum absolute atomic E-state index is 0.0226. The number of rotatable bonds is 7. The third-order valence-electron chi connectivity index (χ3n) is 4.27. The lowest BCUT2D eigenvalue weighted by molar-refractivity contribution is 0.0786. The molecule has 0 unspecified atom stereocenters. The summed E-state index contributed by atoms with van der Waals surface area (Å²) in [7, 11) is -1.19. The molecule has 7 heteroatoms. The Morgan fingerprint density at radius 3 is 2.81 bits per heavy atom. The Morgan fingerprint density at radius 2 is 2.12 bits per heavy atom. The minimum Gasteiger partial charge on any atom is -0.360 e. The van der Waals surface area contributed by atoms with Crippen LogP contribution in [0.15, 0.2) is 35.1 Å². The molecule has 0 saturated carbocycles. The summed E-state index contributed by atoms with van der Waals surface area (Å²) in [6.07, 6.45) is 2.02. The first-order valence-electron chi connectivity index (χ1n) is 9.72. The van der Waals surface area contributed by atoms with Crippen molar-refractivity contribution in [3.63, 3.8) is 0 Å². The number of hydrogen-bond acceptors (Lipinski definition) is 2. The highest BCUT2D eigenvalue weighted by Crippen LogP contribution is 2.33. The molecule has 0 N–H and O–H groups in total. The molecule has 4 nitrogen and oxygen atoms in total. The molecule has 0 fully saturated rings. The Hall–Kier alpha value is -1.44. The Kier molecular flexibility index (Phi) is 4.92. The predicted octanol–water partition coefficient (Wildman–Crippen LogP) is 5.74. The molecule has 3 rings (SSSR count). The average molecular weight is 440 g/mol. The van der Waals surface area contributed by atoms with E-state index in [0.717, 1.165) is 16.9 Å². The van der Waals surface area contributed by atoms with Gasteiger partial charge in [0.1, 0.15) is 12.5 Å². The van der Waals surface area contributed by atoms with E-state index in [0.29, 0.717) is 28.8 Å². The lowest BCUT2D eigenvalue weighted by atomic mass is 10.1. The SMILES string of the molecule is [2H]c1nn(COCC[Si](C)(C)C)c([2H])c1-c1cn(CC)c2cc(F)c(Br)cc12. The van der Waals surface area contributed by atoms with Crippen molar-refractivity contribution in [2.24, 2.45) is 0 Å². The van der Waals surface area contributed by atoms with Gasteiger partial charge in [-0.25, -0.2) is 9.07 Å². The van der Waals surface area contributed by atoms with Gasteiger partial charge in [-0.1, -0.05) is 19.6 Å². The Bertz CT molecular complexity index is 1010. The van der Waals surface area contributed by atoms with Crippen LogP contribution in [0.5, 0.6) is 0 Å². The molecule has 0 spiro atoms. The first-order chi connectivity index (χ1) is 13.1. The molecule has 0 saturated heterocycles. The summed E-state index contributed by atoms with van der Waals surface area (Å²) >= 11 is 3.24. The Morgan fingerprint density at radius 1 is 1.35 bits per heavy atom. The Labute approximate surface area is 165 Å². The fraction of sp³-hybridized carbons (Fsp3) is 0.421. The molecular weight excluding hydrogens is 413 g/mol. The van der Waals surface area contributed by atoms with E-state index in [1.54, 1.807) is 6.07 Å². The van der Waals surface area contributed by atoms with Gasteiger partial charge in [0.05, 0.1) is 18.9 Å². The van der Waals surface area contributed by atoms with Crippen LogP contribution in [0.3, 0.4) is 0 Å². The quantitative estimate of drug-likeness (QED) is 0.347. The highest BCUT2D eigenvalue weighted by atomic mass is 79.9. The zero-order valence-electron chi connectivity index (χ0n) is 17.6. The van der Waals surface area contributed by atoms with Crippen molar-refractivity contribution in [2.45, 2.75) is 45.9 Å². The van der Waals surface area contributed by atoms with Gasteiger partial charge in [-0.2, -0.15) is 5.10 Å². The lowest BCUT2D eigenvalue weighted by Crippen LogP contribution is -2.22. The van der Waals surface area contributed by atoms with E-state index in [1.807, 2.05) is 17.7 Å². The molecule has 0 aliphatic rings. The van der Waals surface area contributed by atoms with E-state index in [1.165, 1.54) is 10.7 Å². The summed E-state index contributed by atoms with van der Waals surface area (Å²) in [6.45, 7) is 10.3. The monoisotopic (exact) mass is 439 g/mol. The predicted molar refractivity (Wildman–Crippen MR) is 111 cm³/mol. The molecule has 0 aliphatic carbocycles. The van der Waals surface area contributed by atoms with E-state index < -0.39 is 8.07 Å². The maximum atomic E-state index is 14.0. The number of nitrogens with zero attached hydrogens (tertiary/aromatic N) is 3. The smallest absolute Gasteiger partial charge is 0.139 e. The number of benzene rings is 1. The lowest BCUT2D eigenvalue weighted by Gasteiger charge is -2.15. The van der Waals surface area contributed by atoms with Gasteiger partial charge >= 0.3 is 0 Å². The maximum Gasteiger partial charge on any atom is 0.139 e. The van der Waals surface area contributed by atoms with Crippen LogP contribution in [-0.2, 0) is 18.0 Å². The van der Waals surface area contributed by atoms with Crippen LogP contribution in [0, 0.1) is 5.82 Å². The van der Waals surface area contributed by atoms with Crippen LogP contribution in [0.25, 0.3) is 22.0 Å². The van der Waals surface area contributed by atoms with Crippen LogP contribution >= 0.6 is 15.9 Å². The summed E-state index contributed by atoms with van der Waals surface area (Å²) in [5.74, 6) is -0.337. The number of fused-ring (bicyclic) bond motifs is 1. The van der Waals surface area contributed by atoms with Crippen molar-refractivity contribution in [2.75, 3.05) is 6.61 Å². The third kappa shape index (κ3) is 4.27. The van der Waals surface area contributed by atoms with Crippen LogP contribution in [0.2, 0.25) is 25.7 Å². The molecule has 3 aromatic rings. The summed E-state index contributed by atoms with van der Waals surface area (Å²) in [5, 5.41) is 4.98. The van der Waals surface area contributed by atoms with Gasteiger partial charge in [0.15, 0.2) is 0 Å². The first-order valence-corrected chi connectivity index (χ1v) is 13.2.